The molecule has 0 aliphatic carbocycles. The number of ketones is 1. The molecule has 0 aliphatic heterocycles. The molecule has 2 rings (SSSR count). The summed E-state index contributed by atoms with van der Waals surface area (Å²) in [6.45, 7) is 1.08. The van der Waals surface area contributed by atoms with E-state index in [1.807, 2.05) is 24.3 Å². The number of carbonyl (C=O) groups is 1. The highest BCUT2D eigenvalue weighted by Gasteiger charge is 2.17. The number of nitrogens with zero attached hydrogens (tertiary/aromatic N) is 2. The van der Waals surface area contributed by atoms with E-state index in [2.05, 4.69) is 37.0 Å². The zero-order valence-electron chi connectivity index (χ0n) is 11.4. The van der Waals surface area contributed by atoms with E-state index in [-0.39, 0.29) is 5.78 Å². The van der Waals surface area contributed by atoms with E-state index in [4.69, 9.17) is 4.74 Å². The van der Waals surface area contributed by atoms with Crippen molar-refractivity contribution in [1.82, 2.24) is 9.78 Å². The Morgan fingerprint density at radius 3 is 2.81 bits per heavy atom. The summed E-state index contributed by atoms with van der Waals surface area (Å²) in [7, 11) is 1.63. The minimum atomic E-state index is 0.0382. The minimum Gasteiger partial charge on any atom is -0.383 e. The Balaban J connectivity index is 2.07. The zero-order chi connectivity index (χ0) is 15.2. The Hall–Kier alpha value is -0.630. The molecule has 0 aliphatic rings. The number of methoxy groups -OCH3 is 1. The van der Waals surface area contributed by atoms with Gasteiger partial charge in [0.2, 0.25) is 0 Å². The summed E-state index contributed by atoms with van der Waals surface area (Å²) in [5.74, 6) is 0.399. The monoisotopic (exact) mass is 432 g/mol. The summed E-state index contributed by atoms with van der Waals surface area (Å²) in [4.78, 5) is 13.5. The maximum atomic E-state index is 12.4. The lowest BCUT2D eigenvalue weighted by atomic mass is 10.3. The van der Waals surface area contributed by atoms with Crippen LogP contribution >= 0.6 is 43.6 Å². The molecule has 0 bridgehead atoms. The van der Waals surface area contributed by atoms with Crippen LogP contribution in [0.4, 0.5) is 0 Å². The second-order valence-electron chi connectivity index (χ2n) is 4.20. The van der Waals surface area contributed by atoms with E-state index in [1.54, 1.807) is 18.0 Å². The van der Waals surface area contributed by atoms with Gasteiger partial charge in [-0.1, -0.05) is 12.1 Å². The highest BCUT2D eigenvalue weighted by molar-refractivity contribution is 9.10. The van der Waals surface area contributed by atoms with Crippen molar-refractivity contribution < 1.29 is 9.53 Å². The van der Waals surface area contributed by atoms with Crippen LogP contribution < -0.4 is 0 Å². The van der Waals surface area contributed by atoms with Gasteiger partial charge in [0.1, 0.15) is 5.69 Å². The standard InChI is InChI=1S/C14H14Br2N2O2S/c1-20-7-6-18-14(11(16)8-17-18)12(19)9-21-13-5-3-2-4-10(13)15/h2-5,8H,6-7,9H2,1H3. The average molecular weight is 434 g/mol. The largest absolute Gasteiger partial charge is 0.383 e. The molecule has 0 N–H and O–H groups in total. The first-order valence-electron chi connectivity index (χ1n) is 6.24. The predicted octanol–water partition coefficient (Wildman–Crippen LogP) is 4.03. The molecular formula is C14H14Br2N2O2S. The lowest BCUT2D eigenvalue weighted by Crippen LogP contribution is -2.15. The molecule has 7 heteroatoms. The van der Waals surface area contributed by atoms with Crippen molar-refractivity contribution in [3.63, 3.8) is 0 Å². The first kappa shape index (κ1) is 16.7. The van der Waals surface area contributed by atoms with Crippen LogP contribution in [-0.2, 0) is 11.3 Å². The number of carbonyl (C=O) groups excluding carboxylic acids is 1. The number of hydrogen-bond acceptors (Lipinski definition) is 4. The van der Waals surface area contributed by atoms with Gasteiger partial charge in [-0.25, -0.2) is 0 Å². The van der Waals surface area contributed by atoms with E-state index in [9.17, 15) is 4.79 Å². The predicted molar refractivity (Wildman–Crippen MR) is 91.0 cm³/mol. The van der Waals surface area contributed by atoms with Gasteiger partial charge in [-0.05, 0) is 44.0 Å². The molecule has 0 fully saturated rings. The summed E-state index contributed by atoms with van der Waals surface area (Å²) < 4.78 is 8.43. The quantitative estimate of drug-likeness (QED) is 0.488. The summed E-state index contributed by atoms with van der Waals surface area (Å²) in [5.41, 5.74) is 0.589. The normalized spacial score (nSPS) is 10.8. The molecule has 0 radical (unpaired) electrons. The zero-order valence-corrected chi connectivity index (χ0v) is 15.4. The van der Waals surface area contributed by atoms with Crippen molar-refractivity contribution in [3.05, 3.63) is 45.1 Å². The molecule has 0 saturated carbocycles. The fourth-order valence-electron chi connectivity index (χ4n) is 1.76. The number of benzene rings is 1. The fourth-order valence-corrected chi connectivity index (χ4v) is 3.71. The van der Waals surface area contributed by atoms with Gasteiger partial charge in [-0.2, -0.15) is 5.10 Å². The summed E-state index contributed by atoms with van der Waals surface area (Å²) in [6.07, 6.45) is 1.64. The van der Waals surface area contributed by atoms with Gasteiger partial charge in [0.25, 0.3) is 0 Å². The summed E-state index contributed by atoms with van der Waals surface area (Å²) in [5, 5.41) is 4.20. The van der Waals surface area contributed by atoms with Crippen LogP contribution in [-0.4, -0.2) is 35.0 Å². The summed E-state index contributed by atoms with van der Waals surface area (Å²) in [6, 6.07) is 7.85. The van der Waals surface area contributed by atoms with Gasteiger partial charge in [0.15, 0.2) is 5.78 Å². The van der Waals surface area contributed by atoms with Crippen LogP contribution in [0.25, 0.3) is 0 Å². The van der Waals surface area contributed by atoms with Gasteiger partial charge in [0, 0.05) is 16.5 Å². The van der Waals surface area contributed by atoms with Crippen molar-refractivity contribution in [2.24, 2.45) is 0 Å². The number of rotatable bonds is 7. The number of hydrogen-bond donors (Lipinski definition) is 0. The molecular weight excluding hydrogens is 420 g/mol. The highest BCUT2D eigenvalue weighted by atomic mass is 79.9. The van der Waals surface area contributed by atoms with E-state index in [0.717, 1.165) is 13.8 Å². The second-order valence-corrected chi connectivity index (χ2v) is 6.93. The molecule has 0 atom stereocenters. The number of aromatic nitrogens is 2. The van der Waals surface area contributed by atoms with E-state index in [0.29, 0.717) is 24.6 Å². The fraction of sp³-hybridized carbons (Fsp3) is 0.286. The van der Waals surface area contributed by atoms with Crippen LogP contribution in [0.2, 0.25) is 0 Å². The van der Waals surface area contributed by atoms with E-state index < -0.39 is 0 Å². The minimum absolute atomic E-state index is 0.0382. The van der Waals surface area contributed by atoms with Crippen LogP contribution in [0, 0.1) is 0 Å². The summed E-state index contributed by atoms with van der Waals surface area (Å²) >= 11 is 8.37. The number of Topliss-reactive ketones (excluding diaryl/α,β-unsaturated/α-hetero) is 1. The molecule has 1 heterocycles. The van der Waals surface area contributed by atoms with E-state index >= 15 is 0 Å². The molecule has 0 spiro atoms. The van der Waals surface area contributed by atoms with Gasteiger partial charge in [-0.3, -0.25) is 9.48 Å². The molecule has 2 aromatic rings. The SMILES string of the molecule is COCCn1ncc(Br)c1C(=O)CSc1ccccc1Br. The molecule has 1 aromatic carbocycles. The van der Waals surface area contributed by atoms with Gasteiger partial charge < -0.3 is 4.74 Å². The van der Waals surface area contributed by atoms with Crippen LogP contribution in [0.3, 0.4) is 0 Å². The van der Waals surface area contributed by atoms with Gasteiger partial charge >= 0.3 is 0 Å². The first-order valence-corrected chi connectivity index (χ1v) is 8.81. The maximum Gasteiger partial charge on any atom is 0.192 e. The molecule has 1 aromatic heterocycles. The number of halogens is 2. The van der Waals surface area contributed by atoms with E-state index in [1.165, 1.54) is 11.8 Å². The molecule has 0 unspecified atom stereocenters. The molecule has 112 valence electrons. The number of ether oxygens (including phenoxy) is 1. The van der Waals surface area contributed by atoms with Crippen molar-refractivity contribution in [2.75, 3.05) is 19.5 Å². The van der Waals surface area contributed by atoms with Gasteiger partial charge in [-0.15, -0.1) is 11.8 Å². The van der Waals surface area contributed by atoms with Crippen molar-refractivity contribution in [3.8, 4) is 0 Å². The Kier molecular flexibility index (Phi) is 6.47. The first-order chi connectivity index (χ1) is 10.1. The Morgan fingerprint density at radius 2 is 2.10 bits per heavy atom. The van der Waals surface area contributed by atoms with Crippen molar-refractivity contribution in [1.29, 1.82) is 0 Å². The van der Waals surface area contributed by atoms with Crippen LogP contribution in [0.1, 0.15) is 10.5 Å². The number of thioether (sulfide) groups is 1. The molecule has 4 nitrogen and oxygen atoms in total. The lowest BCUT2D eigenvalue weighted by molar-refractivity contribution is 0.100. The smallest absolute Gasteiger partial charge is 0.192 e. The Bertz CT molecular complexity index is 631. The third kappa shape index (κ3) is 4.42. The third-order valence-corrected chi connectivity index (χ3v) is 5.37. The van der Waals surface area contributed by atoms with Crippen molar-refractivity contribution >= 4 is 49.4 Å². The maximum absolute atomic E-state index is 12.4. The van der Waals surface area contributed by atoms with Gasteiger partial charge in [0.05, 0.1) is 29.6 Å². The average Bonchev–Trinajstić information content (AvgIpc) is 2.85. The topological polar surface area (TPSA) is 44.1 Å². The molecule has 21 heavy (non-hydrogen) atoms. The lowest BCUT2D eigenvalue weighted by Gasteiger charge is -2.07. The Labute approximate surface area is 144 Å². The highest BCUT2D eigenvalue weighted by Crippen LogP contribution is 2.28. The van der Waals surface area contributed by atoms with Crippen LogP contribution in [0.15, 0.2) is 44.3 Å². The molecule has 0 saturated heterocycles. The second kappa shape index (κ2) is 8.12. The van der Waals surface area contributed by atoms with Crippen molar-refractivity contribution in [2.45, 2.75) is 11.4 Å². The Morgan fingerprint density at radius 1 is 1.33 bits per heavy atom. The van der Waals surface area contributed by atoms with Crippen LogP contribution in [0.5, 0.6) is 0 Å². The third-order valence-electron chi connectivity index (χ3n) is 2.76. The molecule has 0 amide bonds.